The van der Waals surface area contributed by atoms with Gasteiger partial charge in [-0.3, -0.25) is 4.57 Å². The van der Waals surface area contributed by atoms with Crippen LogP contribution in [0.4, 0.5) is 0 Å². The Bertz CT molecular complexity index is 1200. The van der Waals surface area contributed by atoms with E-state index in [2.05, 4.69) is 43.2 Å². The highest BCUT2D eigenvalue weighted by Crippen LogP contribution is 2.38. The van der Waals surface area contributed by atoms with Gasteiger partial charge in [-0.2, -0.15) is 0 Å². The Morgan fingerprint density at radius 2 is 1.62 bits per heavy atom. The molecule has 1 atom stereocenters. The van der Waals surface area contributed by atoms with Gasteiger partial charge in [-0.1, -0.05) is 42.1 Å². The summed E-state index contributed by atoms with van der Waals surface area (Å²) >= 11 is 4.77. The van der Waals surface area contributed by atoms with Gasteiger partial charge in [-0.25, -0.2) is 0 Å². The van der Waals surface area contributed by atoms with Crippen LogP contribution in [0.25, 0.3) is 27.2 Å². The third-order valence-electron chi connectivity index (χ3n) is 4.19. The molecule has 0 amide bonds. The molecule has 1 aromatic carbocycles. The molecule has 4 heterocycles. The van der Waals surface area contributed by atoms with Crippen molar-refractivity contribution in [1.29, 1.82) is 0 Å². The molecule has 0 saturated heterocycles. The predicted octanol–water partition coefficient (Wildman–Crippen LogP) is 5.96. The number of benzene rings is 1. The molecule has 1 unspecified atom stereocenters. The number of thioether (sulfide) groups is 1. The van der Waals surface area contributed by atoms with Crippen LogP contribution in [0.5, 0.6) is 0 Å². The van der Waals surface area contributed by atoms with E-state index >= 15 is 0 Å². The number of rotatable bonds is 6. The molecule has 0 aliphatic heterocycles. The molecule has 4 aromatic heterocycles. The minimum Gasteiger partial charge on any atom is -0.419 e. The molecule has 5 aromatic rings. The maximum Gasteiger partial charge on any atom is 0.257 e. The zero-order valence-corrected chi connectivity index (χ0v) is 17.7. The Kier molecular flexibility index (Phi) is 5.01. The van der Waals surface area contributed by atoms with Crippen molar-refractivity contribution in [3.63, 3.8) is 0 Å². The summed E-state index contributed by atoms with van der Waals surface area (Å²) in [5, 5.41) is 22.1. The average molecular weight is 438 g/mol. The van der Waals surface area contributed by atoms with Crippen LogP contribution >= 0.6 is 34.4 Å². The van der Waals surface area contributed by atoms with Crippen molar-refractivity contribution in [3.8, 4) is 27.2 Å². The molecule has 6 nitrogen and oxygen atoms in total. The molecule has 144 valence electrons. The molecule has 0 aliphatic rings. The van der Waals surface area contributed by atoms with E-state index in [1.807, 2.05) is 54.1 Å². The minimum atomic E-state index is -0.0703. The predicted molar refractivity (Wildman–Crippen MR) is 117 cm³/mol. The first kappa shape index (κ1) is 18.3. The van der Waals surface area contributed by atoms with Crippen LogP contribution in [-0.2, 0) is 0 Å². The summed E-state index contributed by atoms with van der Waals surface area (Å²) < 4.78 is 7.97. The summed E-state index contributed by atoms with van der Waals surface area (Å²) in [7, 11) is 0. The highest BCUT2D eigenvalue weighted by Gasteiger charge is 2.22. The smallest absolute Gasteiger partial charge is 0.257 e. The average Bonchev–Trinajstić information content (AvgIpc) is 3.55. The van der Waals surface area contributed by atoms with E-state index < -0.39 is 0 Å². The van der Waals surface area contributed by atoms with E-state index in [0.717, 1.165) is 26.4 Å². The molecular weight excluding hydrogens is 422 g/mol. The van der Waals surface area contributed by atoms with E-state index in [4.69, 9.17) is 4.42 Å². The Balaban J connectivity index is 1.48. The van der Waals surface area contributed by atoms with Crippen molar-refractivity contribution in [2.75, 3.05) is 0 Å². The summed E-state index contributed by atoms with van der Waals surface area (Å²) in [5.74, 6) is 1.94. The van der Waals surface area contributed by atoms with E-state index in [1.165, 1.54) is 0 Å². The SMILES string of the molecule is CC(Sc1nnc(-c2cccs2)n1-c1ccccc1)c1nnc(-c2cccs2)o1. The van der Waals surface area contributed by atoms with Gasteiger partial charge in [0.15, 0.2) is 11.0 Å². The van der Waals surface area contributed by atoms with Gasteiger partial charge in [0, 0.05) is 5.69 Å². The van der Waals surface area contributed by atoms with E-state index in [0.29, 0.717) is 11.8 Å². The molecule has 0 radical (unpaired) electrons. The van der Waals surface area contributed by atoms with Crippen LogP contribution in [0.15, 0.2) is 74.9 Å². The second-order valence-electron chi connectivity index (χ2n) is 6.14. The third-order valence-corrected chi connectivity index (χ3v) is 6.95. The van der Waals surface area contributed by atoms with Gasteiger partial charge in [0.05, 0.1) is 15.0 Å². The van der Waals surface area contributed by atoms with Crippen molar-refractivity contribution in [1.82, 2.24) is 25.0 Å². The number of hydrogen-bond donors (Lipinski definition) is 0. The monoisotopic (exact) mass is 437 g/mol. The van der Waals surface area contributed by atoms with Gasteiger partial charge in [-0.05, 0) is 41.9 Å². The number of nitrogens with zero attached hydrogens (tertiary/aromatic N) is 5. The Labute approximate surface area is 179 Å². The highest BCUT2D eigenvalue weighted by atomic mass is 32.2. The van der Waals surface area contributed by atoms with Crippen molar-refractivity contribution >= 4 is 34.4 Å². The lowest BCUT2D eigenvalue weighted by Crippen LogP contribution is -2.00. The summed E-state index contributed by atoms with van der Waals surface area (Å²) in [5.41, 5.74) is 1.01. The van der Waals surface area contributed by atoms with E-state index in [-0.39, 0.29) is 5.25 Å². The van der Waals surface area contributed by atoms with E-state index in [1.54, 1.807) is 34.4 Å². The van der Waals surface area contributed by atoms with Crippen LogP contribution < -0.4 is 0 Å². The fourth-order valence-electron chi connectivity index (χ4n) is 2.83. The molecule has 0 fully saturated rings. The van der Waals surface area contributed by atoms with Crippen molar-refractivity contribution in [3.05, 3.63) is 71.2 Å². The van der Waals surface area contributed by atoms with Crippen LogP contribution in [0.2, 0.25) is 0 Å². The standard InChI is InChI=1S/C20H15N5OS3/c1-13(18-22-23-19(26-18)16-10-6-12-28-16)29-20-24-21-17(15-9-5-11-27-15)25(20)14-7-3-2-4-8-14/h2-13H,1H3. The Morgan fingerprint density at radius 3 is 2.34 bits per heavy atom. The van der Waals surface area contributed by atoms with Gasteiger partial charge >= 0.3 is 0 Å². The molecule has 0 spiro atoms. The fraction of sp³-hybridized carbons (Fsp3) is 0.100. The zero-order chi connectivity index (χ0) is 19.6. The lowest BCUT2D eigenvalue weighted by molar-refractivity contribution is 0.510. The quantitative estimate of drug-likeness (QED) is 0.305. The van der Waals surface area contributed by atoms with Gasteiger partial charge in [0.1, 0.15) is 0 Å². The summed E-state index contributed by atoms with van der Waals surface area (Å²) in [6.07, 6.45) is 0. The largest absolute Gasteiger partial charge is 0.419 e. The van der Waals surface area contributed by atoms with Crippen LogP contribution in [0.1, 0.15) is 18.1 Å². The second-order valence-corrected chi connectivity index (χ2v) is 9.34. The molecule has 9 heteroatoms. The zero-order valence-electron chi connectivity index (χ0n) is 15.3. The van der Waals surface area contributed by atoms with E-state index in [9.17, 15) is 0 Å². The topological polar surface area (TPSA) is 69.6 Å². The Hall–Kier alpha value is -2.75. The number of thiophene rings is 2. The van der Waals surface area contributed by atoms with Crippen molar-refractivity contribution in [2.24, 2.45) is 0 Å². The van der Waals surface area contributed by atoms with Crippen LogP contribution in [0.3, 0.4) is 0 Å². The molecule has 0 saturated carbocycles. The first-order chi connectivity index (χ1) is 14.3. The lowest BCUT2D eigenvalue weighted by Gasteiger charge is -2.11. The lowest BCUT2D eigenvalue weighted by atomic mass is 10.3. The normalized spacial score (nSPS) is 12.3. The van der Waals surface area contributed by atoms with Crippen LogP contribution in [0, 0.1) is 0 Å². The minimum absolute atomic E-state index is 0.0703. The van der Waals surface area contributed by atoms with Gasteiger partial charge in [0.25, 0.3) is 5.89 Å². The summed E-state index contributed by atoms with van der Waals surface area (Å²) in [6.45, 7) is 2.03. The van der Waals surface area contributed by atoms with Gasteiger partial charge in [0.2, 0.25) is 5.89 Å². The molecule has 0 aliphatic carbocycles. The number of para-hydroxylation sites is 1. The van der Waals surface area contributed by atoms with Gasteiger partial charge < -0.3 is 4.42 Å². The second kappa shape index (κ2) is 7.94. The summed E-state index contributed by atoms with van der Waals surface area (Å²) in [6, 6.07) is 18.1. The first-order valence-corrected chi connectivity index (χ1v) is 11.5. The molecule has 0 N–H and O–H groups in total. The highest BCUT2D eigenvalue weighted by molar-refractivity contribution is 7.99. The molecular formula is C20H15N5OS3. The third kappa shape index (κ3) is 3.64. The summed E-state index contributed by atoms with van der Waals surface area (Å²) in [4.78, 5) is 2.03. The molecule has 5 rings (SSSR count). The van der Waals surface area contributed by atoms with Crippen molar-refractivity contribution < 1.29 is 4.42 Å². The number of aromatic nitrogens is 5. The maximum atomic E-state index is 5.90. The van der Waals surface area contributed by atoms with Crippen molar-refractivity contribution in [2.45, 2.75) is 17.3 Å². The first-order valence-electron chi connectivity index (χ1n) is 8.88. The fourth-order valence-corrected chi connectivity index (χ4v) is 5.07. The molecule has 0 bridgehead atoms. The molecule has 29 heavy (non-hydrogen) atoms. The maximum absolute atomic E-state index is 5.90. The van der Waals surface area contributed by atoms with Gasteiger partial charge in [-0.15, -0.1) is 43.1 Å². The van der Waals surface area contributed by atoms with Crippen LogP contribution in [-0.4, -0.2) is 25.0 Å². The number of hydrogen-bond acceptors (Lipinski definition) is 8. The Morgan fingerprint density at radius 1 is 0.862 bits per heavy atom.